The van der Waals surface area contributed by atoms with Crippen LogP contribution in [0.3, 0.4) is 0 Å². The Morgan fingerprint density at radius 2 is 2.04 bits per heavy atom. The molecule has 0 radical (unpaired) electrons. The molecule has 3 aromatic heterocycles. The molecule has 0 aliphatic heterocycles. The maximum atomic E-state index is 12.7. The van der Waals surface area contributed by atoms with Crippen molar-refractivity contribution in [2.75, 3.05) is 5.32 Å². The average Bonchev–Trinajstić information content (AvgIpc) is 3.11. The first-order valence-electron chi connectivity index (χ1n) is 9.10. The van der Waals surface area contributed by atoms with Crippen LogP contribution >= 0.6 is 11.3 Å². The molecule has 3 heterocycles. The predicted molar refractivity (Wildman–Crippen MR) is 102 cm³/mol. The quantitative estimate of drug-likeness (QED) is 0.621. The third-order valence-electron chi connectivity index (χ3n) is 4.43. The molecule has 2 N–H and O–H groups in total. The maximum absolute atomic E-state index is 12.7. The van der Waals surface area contributed by atoms with E-state index < -0.39 is 0 Å². The molecule has 1 aliphatic rings. The normalized spacial score (nSPS) is 14.8. The van der Waals surface area contributed by atoms with Crippen LogP contribution in [-0.4, -0.2) is 22.0 Å². The molecule has 28 heavy (non-hydrogen) atoms. The van der Waals surface area contributed by atoms with E-state index >= 15 is 0 Å². The molecule has 1 atom stereocenters. The minimum Gasteiger partial charge on any atom is -0.459 e. The summed E-state index contributed by atoms with van der Waals surface area (Å²) >= 11 is 1.18. The molecule has 0 spiro atoms. The zero-order valence-corrected chi connectivity index (χ0v) is 16.3. The standard InChI is InChI=1S/C19H20N4O4S/c1-10(2)15(19-22-16(23-27-19)11-5-6-11)21-18(25)13-7-8-14(28-13)20-17(24)12-4-3-9-26-12/h3-4,7-11,15H,5-6H2,1-2H3,(H,20,24)(H,21,25). The van der Waals surface area contributed by atoms with E-state index in [1.54, 1.807) is 24.3 Å². The zero-order chi connectivity index (χ0) is 19.7. The van der Waals surface area contributed by atoms with Gasteiger partial charge in [0.15, 0.2) is 11.6 Å². The molecule has 9 heteroatoms. The fourth-order valence-corrected chi connectivity index (χ4v) is 3.52. The lowest BCUT2D eigenvalue weighted by atomic mass is 10.0. The third-order valence-corrected chi connectivity index (χ3v) is 5.43. The van der Waals surface area contributed by atoms with Crippen molar-refractivity contribution in [3.63, 3.8) is 0 Å². The van der Waals surface area contributed by atoms with Crippen LogP contribution in [0.4, 0.5) is 5.00 Å². The Balaban J connectivity index is 1.42. The molecular weight excluding hydrogens is 380 g/mol. The fraction of sp³-hybridized carbons (Fsp3) is 0.368. The predicted octanol–water partition coefficient (Wildman–Crippen LogP) is 3.98. The maximum Gasteiger partial charge on any atom is 0.291 e. The fourth-order valence-electron chi connectivity index (χ4n) is 2.72. The highest BCUT2D eigenvalue weighted by Gasteiger charge is 2.32. The molecule has 1 aliphatic carbocycles. The molecule has 0 saturated heterocycles. The van der Waals surface area contributed by atoms with Gasteiger partial charge in [0.25, 0.3) is 11.8 Å². The average molecular weight is 400 g/mol. The smallest absolute Gasteiger partial charge is 0.291 e. The number of nitrogens with zero attached hydrogens (tertiary/aromatic N) is 2. The van der Waals surface area contributed by atoms with Gasteiger partial charge >= 0.3 is 0 Å². The number of carbonyl (C=O) groups excluding carboxylic acids is 2. The summed E-state index contributed by atoms with van der Waals surface area (Å²) < 4.78 is 10.4. The Bertz CT molecular complexity index is 972. The first-order chi connectivity index (χ1) is 13.5. The van der Waals surface area contributed by atoms with E-state index in [4.69, 9.17) is 8.94 Å². The van der Waals surface area contributed by atoms with Gasteiger partial charge in [0.05, 0.1) is 16.1 Å². The van der Waals surface area contributed by atoms with Gasteiger partial charge in [0.1, 0.15) is 6.04 Å². The summed E-state index contributed by atoms with van der Waals surface area (Å²) in [5.41, 5.74) is 0. The van der Waals surface area contributed by atoms with Crippen molar-refractivity contribution in [1.29, 1.82) is 0 Å². The van der Waals surface area contributed by atoms with E-state index in [-0.39, 0.29) is 29.5 Å². The number of nitrogens with one attached hydrogen (secondary N) is 2. The number of rotatable bonds is 7. The van der Waals surface area contributed by atoms with Gasteiger partial charge in [-0.2, -0.15) is 4.98 Å². The second kappa shape index (κ2) is 7.59. The third kappa shape index (κ3) is 3.99. The highest BCUT2D eigenvalue weighted by Crippen LogP contribution is 2.38. The summed E-state index contributed by atoms with van der Waals surface area (Å²) in [5.74, 6) is 1.20. The van der Waals surface area contributed by atoms with Crippen LogP contribution in [0.1, 0.15) is 70.6 Å². The molecule has 0 aromatic carbocycles. The summed E-state index contributed by atoms with van der Waals surface area (Å²) in [7, 11) is 0. The van der Waals surface area contributed by atoms with Crippen molar-refractivity contribution in [2.45, 2.75) is 38.6 Å². The van der Waals surface area contributed by atoms with Crippen molar-refractivity contribution >= 4 is 28.2 Å². The minimum absolute atomic E-state index is 0.0783. The monoisotopic (exact) mass is 400 g/mol. The van der Waals surface area contributed by atoms with Gasteiger partial charge in [0, 0.05) is 5.92 Å². The first-order valence-corrected chi connectivity index (χ1v) is 9.92. The summed E-state index contributed by atoms with van der Waals surface area (Å²) in [6, 6.07) is 6.18. The lowest BCUT2D eigenvalue weighted by Crippen LogP contribution is -2.31. The molecule has 1 fully saturated rings. The summed E-state index contributed by atoms with van der Waals surface area (Å²) in [4.78, 5) is 29.7. The van der Waals surface area contributed by atoms with E-state index in [2.05, 4.69) is 20.8 Å². The van der Waals surface area contributed by atoms with Crippen LogP contribution in [0.15, 0.2) is 39.5 Å². The highest BCUT2D eigenvalue weighted by molar-refractivity contribution is 7.18. The summed E-state index contributed by atoms with van der Waals surface area (Å²) in [6.45, 7) is 3.96. The highest BCUT2D eigenvalue weighted by atomic mass is 32.1. The molecular formula is C19H20N4O4S. The van der Waals surface area contributed by atoms with Gasteiger partial charge < -0.3 is 19.6 Å². The molecule has 2 amide bonds. The van der Waals surface area contributed by atoms with Gasteiger partial charge in [-0.1, -0.05) is 19.0 Å². The molecule has 8 nitrogen and oxygen atoms in total. The Hall–Kier alpha value is -2.94. The van der Waals surface area contributed by atoms with Crippen LogP contribution in [0.25, 0.3) is 0 Å². The van der Waals surface area contributed by atoms with Crippen LogP contribution in [0, 0.1) is 5.92 Å². The number of thiophene rings is 1. The lowest BCUT2D eigenvalue weighted by molar-refractivity contribution is 0.0917. The Kier molecular flexibility index (Phi) is 4.99. The molecule has 146 valence electrons. The second-order valence-corrected chi connectivity index (χ2v) is 8.14. The van der Waals surface area contributed by atoms with Crippen LogP contribution in [0.2, 0.25) is 0 Å². The number of furan rings is 1. The largest absolute Gasteiger partial charge is 0.459 e. The number of hydrogen-bond donors (Lipinski definition) is 2. The van der Waals surface area contributed by atoms with Crippen molar-refractivity contribution < 1.29 is 18.5 Å². The van der Waals surface area contributed by atoms with Gasteiger partial charge in [-0.15, -0.1) is 11.3 Å². The number of anilines is 1. The SMILES string of the molecule is CC(C)C(NC(=O)c1ccc(NC(=O)c2ccco2)s1)c1nc(C2CC2)no1. The van der Waals surface area contributed by atoms with Crippen molar-refractivity contribution in [3.8, 4) is 0 Å². The van der Waals surface area contributed by atoms with Gasteiger partial charge in [-0.25, -0.2) is 0 Å². The number of amides is 2. The first kappa shape index (κ1) is 18.4. The van der Waals surface area contributed by atoms with Crippen molar-refractivity contribution in [2.24, 2.45) is 5.92 Å². The van der Waals surface area contributed by atoms with Crippen LogP contribution < -0.4 is 10.6 Å². The van der Waals surface area contributed by atoms with E-state index in [0.717, 1.165) is 12.8 Å². The van der Waals surface area contributed by atoms with Crippen molar-refractivity contribution in [1.82, 2.24) is 15.5 Å². The van der Waals surface area contributed by atoms with Gasteiger partial charge in [0.2, 0.25) is 5.89 Å². The van der Waals surface area contributed by atoms with E-state index in [0.29, 0.717) is 27.5 Å². The molecule has 1 unspecified atom stereocenters. The van der Waals surface area contributed by atoms with E-state index in [9.17, 15) is 9.59 Å². The van der Waals surface area contributed by atoms with E-state index in [1.165, 1.54) is 17.6 Å². The number of aromatic nitrogens is 2. The Morgan fingerprint density at radius 1 is 1.21 bits per heavy atom. The molecule has 1 saturated carbocycles. The zero-order valence-electron chi connectivity index (χ0n) is 15.5. The Morgan fingerprint density at radius 3 is 2.71 bits per heavy atom. The van der Waals surface area contributed by atoms with Crippen LogP contribution in [-0.2, 0) is 0 Å². The van der Waals surface area contributed by atoms with Gasteiger partial charge in [-0.3, -0.25) is 9.59 Å². The van der Waals surface area contributed by atoms with Gasteiger partial charge in [-0.05, 0) is 43.0 Å². The minimum atomic E-state index is -0.379. The van der Waals surface area contributed by atoms with Crippen LogP contribution in [0.5, 0.6) is 0 Å². The Labute approximate surface area is 165 Å². The lowest BCUT2D eigenvalue weighted by Gasteiger charge is -2.17. The molecule has 3 aromatic rings. The molecule has 0 bridgehead atoms. The van der Waals surface area contributed by atoms with E-state index in [1.807, 2.05) is 13.8 Å². The number of hydrogen-bond acceptors (Lipinski definition) is 7. The second-order valence-electron chi connectivity index (χ2n) is 7.06. The topological polar surface area (TPSA) is 110 Å². The van der Waals surface area contributed by atoms with Crippen molar-refractivity contribution in [3.05, 3.63) is 52.9 Å². The summed E-state index contributed by atoms with van der Waals surface area (Å²) in [5, 5.41) is 10.3. The number of carbonyl (C=O) groups is 2. The summed E-state index contributed by atoms with van der Waals surface area (Å²) in [6.07, 6.45) is 3.60. The molecule has 4 rings (SSSR count).